The van der Waals surface area contributed by atoms with Crippen LogP contribution in [-0.4, -0.2) is 47.5 Å². The van der Waals surface area contributed by atoms with Gasteiger partial charge in [0, 0.05) is 11.1 Å². The van der Waals surface area contributed by atoms with Crippen LogP contribution in [-0.2, 0) is 19.1 Å². The van der Waals surface area contributed by atoms with Crippen molar-refractivity contribution in [2.75, 3.05) is 19.6 Å². The molecule has 0 saturated heterocycles. The summed E-state index contributed by atoms with van der Waals surface area (Å²) < 4.78 is 4.62. The van der Waals surface area contributed by atoms with Crippen molar-refractivity contribution in [2.45, 2.75) is 40.5 Å². The van der Waals surface area contributed by atoms with E-state index in [4.69, 9.17) is 5.11 Å². The molecule has 0 fully saturated rings. The van der Waals surface area contributed by atoms with Gasteiger partial charge < -0.3 is 9.84 Å². The molecule has 126 valence electrons. The largest absolute Gasteiger partial charge is 0.478 e. The number of carboxylic acid groups (broad SMARTS) is 1. The summed E-state index contributed by atoms with van der Waals surface area (Å²) in [5.41, 5.74) is 0.417. The lowest BCUT2D eigenvalue weighted by Crippen LogP contribution is -2.33. The third-order valence-corrected chi connectivity index (χ3v) is 2.35. The number of nitrogens with zero attached hydrogens (tertiary/aromatic N) is 1. The van der Waals surface area contributed by atoms with E-state index in [1.807, 2.05) is 18.7 Å². The maximum absolute atomic E-state index is 11.4. The average Bonchev–Trinajstić information content (AvgIpc) is 2.39. The minimum Gasteiger partial charge on any atom is -0.478 e. The molecule has 0 aliphatic heterocycles. The Bertz CT molecular complexity index is 397. The van der Waals surface area contributed by atoms with Gasteiger partial charge in [-0.3, -0.25) is 9.69 Å². The van der Waals surface area contributed by atoms with Crippen LogP contribution in [0.3, 0.4) is 0 Å². The number of hydrogen-bond acceptors (Lipinski definition) is 5. The van der Waals surface area contributed by atoms with E-state index in [-0.39, 0.29) is 17.7 Å². The first-order valence-electron chi connectivity index (χ1n) is 7.17. The summed E-state index contributed by atoms with van der Waals surface area (Å²) in [7, 11) is 0. The van der Waals surface area contributed by atoms with Gasteiger partial charge in [0.25, 0.3) is 0 Å². The number of carbonyl (C=O) groups is 3. The highest BCUT2D eigenvalue weighted by Crippen LogP contribution is 1.98. The fourth-order valence-electron chi connectivity index (χ4n) is 1.31. The molecule has 0 aliphatic rings. The van der Waals surface area contributed by atoms with Crippen LogP contribution in [0.5, 0.6) is 0 Å². The molecule has 0 unspecified atom stereocenters. The summed E-state index contributed by atoms with van der Waals surface area (Å²) in [5.74, 6) is -2.08. The van der Waals surface area contributed by atoms with Gasteiger partial charge in [-0.05, 0) is 39.8 Å². The molecule has 0 aromatic carbocycles. The van der Waals surface area contributed by atoms with Gasteiger partial charge in [0.05, 0.1) is 6.54 Å². The molecule has 0 spiro atoms. The Morgan fingerprint density at radius 3 is 1.68 bits per heavy atom. The zero-order valence-corrected chi connectivity index (χ0v) is 14.0. The van der Waals surface area contributed by atoms with Crippen molar-refractivity contribution in [3.05, 3.63) is 24.3 Å². The normalized spacial score (nSPS) is 9.50. The van der Waals surface area contributed by atoms with Crippen LogP contribution in [0.1, 0.15) is 40.5 Å². The number of hydrogen-bond donors (Lipinski definition) is 1. The van der Waals surface area contributed by atoms with E-state index in [1.54, 1.807) is 0 Å². The molecule has 0 radical (unpaired) electrons. The molecule has 6 nitrogen and oxygen atoms in total. The molecule has 22 heavy (non-hydrogen) atoms. The van der Waals surface area contributed by atoms with Gasteiger partial charge in [0.15, 0.2) is 0 Å². The zero-order chi connectivity index (χ0) is 17.7. The molecule has 6 heteroatoms. The third kappa shape index (κ3) is 13.1. The predicted octanol–water partition coefficient (Wildman–Crippen LogP) is 2.40. The van der Waals surface area contributed by atoms with Crippen molar-refractivity contribution >= 4 is 17.9 Å². The van der Waals surface area contributed by atoms with Gasteiger partial charge in [0.2, 0.25) is 0 Å². The number of carboxylic acids is 1. The highest BCUT2D eigenvalue weighted by molar-refractivity contribution is 5.95. The van der Waals surface area contributed by atoms with Crippen LogP contribution in [0.25, 0.3) is 0 Å². The summed E-state index contributed by atoms with van der Waals surface area (Å²) in [6.45, 7) is 15.5. The van der Waals surface area contributed by atoms with Crippen molar-refractivity contribution in [2.24, 2.45) is 0 Å². The minimum absolute atomic E-state index is 0.167. The fourth-order valence-corrected chi connectivity index (χ4v) is 1.31. The molecular weight excluding hydrogens is 286 g/mol. The second kappa shape index (κ2) is 12.8. The lowest BCUT2D eigenvalue weighted by molar-refractivity contribution is -0.157. The lowest BCUT2D eigenvalue weighted by Gasteiger charge is -2.19. The van der Waals surface area contributed by atoms with Gasteiger partial charge in [-0.2, -0.15) is 0 Å². The topological polar surface area (TPSA) is 83.9 Å². The van der Waals surface area contributed by atoms with E-state index in [2.05, 4.69) is 17.9 Å². The summed E-state index contributed by atoms with van der Waals surface area (Å²) >= 11 is 0. The zero-order valence-electron chi connectivity index (χ0n) is 14.0. The quantitative estimate of drug-likeness (QED) is 0.421. The molecule has 0 bridgehead atoms. The summed E-state index contributed by atoms with van der Waals surface area (Å²) in [5, 5.41) is 7.89. The predicted molar refractivity (Wildman–Crippen MR) is 85.4 cm³/mol. The first-order valence-corrected chi connectivity index (χ1v) is 7.17. The highest BCUT2D eigenvalue weighted by atomic mass is 16.6. The summed E-state index contributed by atoms with van der Waals surface area (Å²) in [4.78, 5) is 34.1. The van der Waals surface area contributed by atoms with Crippen molar-refractivity contribution < 1.29 is 24.2 Å². The van der Waals surface area contributed by atoms with E-state index in [0.29, 0.717) is 0 Å². The van der Waals surface area contributed by atoms with Crippen LogP contribution < -0.4 is 0 Å². The maximum Gasteiger partial charge on any atom is 0.340 e. The summed E-state index contributed by atoms with van der Waals surface area (Å²) in [6.07, 6.45) is 1.95. The van der Waals surface area contributed by atoms with Crippen molar-refractivity contribution in [1.82, 2.24) is 4.90 Å². The van der Waals surface area contributed by atoms with Gasteiger partial charge >= 0.3 is 17.9 Å². The highest BCUT2D eigenvalue weighted by Gasteiger charge is 2.14. The Morgan fingerprint density at radius 2 is 1.41 bits per heavy atom. The number of rotatable bonds is 8. The molecule has 0 heterocycles. The molecule has 0 amide bonds. The molecule has 1 N–H and O–H groups in total. The molecule has 0 saturated carbocycles. The Labute approximate surface area is 132 Å². The minimum atomic E-state index is -0.935. The van der Waals surface area contributed by atoms with Crippen molar-refractivity contribution in [1.29, 1.82) is 0 Å². The monoisotopic (exact) mass is 313 g/mol. The van der Waals surface area contributed by atoms with Crippen molar-refractivity contribution in [3.63, 3.8) is 0 Å². The number of carbonyl (C=O) groups excluding carboxylic acids is 2. The van der Waals surface area contributed by atoms with Gasteiger partial charge in [-0.15, -0.1) is 0 Å². The Kier molecular flexibility index (Phi) is 13.0. The molecular formula is C16H27NO5. The molecule has 0 aromatic rings. The Morgan fingerprint density at radius 1 is 1.00 bits per heavy atom. The first-order chi connectivity index (χ1) is 10.1. The van der Waals surface area contributed by atoms with E-state index < -0.39 is 17.9 Å². The van der Waals surface area contributed by atoms with Crippen molar-refractivity contribution in [3.8, 4) is 0 Å². The first kappa shape index (κ1) is 22.3. The van der Waals surface area contributed by atoms with Crippen LogP contribution in [0.15, 0.2) is 24.3 Å². The average molecular weight is 313 g/mol. The van der Waals surface area contributed by atoms with E-state index in [1.165, 1.54) is 13.8 Å². The van der Waals surface area contributed by atoms with Gasteiger partial charge in [-0.25, -0.2) is 9.59 Å². The second-order valence-corrected chi connectivity index (χ2v) is 4.90. The molecule has 0 aliphatic carbocycles. The standard InChI is InChI=1S/C12H21NO3.C4H6O2/c1-5-7-13(8-6-2)9-11(14)16-12(15)10(3)4;1-3(2)4(5)6/h3,5-9H2,1-2,4H3;1H2,2H3,(H,5,6). The third-order valence-electron chi connectivity index (χ3n) is 2.35. The fraction of sp³-hybridized carbons (Fsp3) is 0.562. The smallest absolute Gasteiger partial charge is 0.340 e. The van der Waals surface area contributed by atoms with Crippen LogP contribution in [0.4, 0.5) is 0 Å². The molecule has 0 atom stereocenters. The van der Waals surface area contributed by atoms with Gasteiger partial charge in [-0.1, -0.05) is 27.0 Å². The second-order valence-electron chi connectivity index (χ2n) is 4.90. The Hall–Kier alpha value is -1.95. The number of esters is 2. The Balaban J connectivity index is 0. The lowest BCUT2D eigenvalue weighted by atomic mass is 10.3. The van der Waals surface area contributed by atoms with E-state index in [9.17, 15) is 14.4 Å². The van der Waals surface area contributed by atoms with Crippen LogP contribution in [0.2, 0.25) is 0 Å². The van der Waals surface area contributed by atoms with Crippen LogP contribution in [0, 0.1) is 0 Å². The molecule has 0 aromatic heterocycles. The number of aliphatic carboxylic acids is 1. The van der Waals surface area contributed by atoms with Crippen LogP contribution >= 0.6 is 0 Å². The SMILES string of the molecule is C=C(C)C(=O)O.C=C(C)C(=O)OC(=O)CN(CCC)CCC. The maximum atomic E-state index is 11.4. The van der Waals surface area contributed by atoms with E-state index in [0.717, 1.165) is 25.9 Å². The van der Waals surface area contributed by atoms with Gasteiger partial charge in [0.1, 0.15) is 0 Å². The number of ether oxygens (including phenoxy) is 1. The summed E-state index contributed by atoms with van der Waals surface area (Å²) in [6, 6.07) is 0. The molecule has 0 rings (SSSR count). The van der Waals surface area contributed by atoms with E-state index >= 15 is 0 Å².